The van der Waals surface area contributed by atoms with E-state index in [0.717, 1.165) is 12.0 Å². The molecule has 0 aliphatic heterocycles. The van der Waals surface area contributed by atoms with E-state index in [1.54, 1.807) is 12.1 Å². The fourth-order valence-corrected chi connectivity index (χ4v) is 1.43. The first kappa shape index (κ1) is 12.7. The van der Waals surface area contributed by atoms with Crippen LogP contribution in [0, 0.1) is 11.7 Å². The molecule has 0 aliphatic rings. The van der Waals surface area contributed by atoms with Crippen LogP contribution in [0.1, 0.15) is 26.3 Å². The smallest absolute Gasteiger partial charge is 0.222 e. The molecule has 0 fully saturated rings. The van der Waals surface area contributed by atoms with Crippen molar-refractivity contribution in [3.05, 3.63) is 35.6 Å². The first-order valence-electron chi connectivity index (χ1n) is 5.54. The molecule has 0 aromatic heterocycles. The third-order valence-corrected chi connectivity index (χ3v) is 2.37. The van der Waals surface area contributed by atoms with Crippen molar-refractivity contribution >= 4 is 5.91 Å². The second-order valence-corrected chi connectivity index (χ2v) is 4.39. The lowest BCUT2D eigenvalue weighted by Gasteiger charge is -2.15. The summed E-state index contributed by atoms with van der Waals surface area (Å²) in [5.74, 6) is -0.187. The van der Waals surface area contributed by atoms with Gasteiger partial charge in [-0.05, 0) is 31.0 Å². The van der Waals surface area contributed by atoms with Gasteiger partial charge in [0.05, 0.1) is 0 Å². The fourth-order valence-electron chi connectivity index (χ4n) is 1.43. The van der Waals surface area contributed by atoms with Gasteiger partial charge >= 0.3 is 0 Å². The maximum Gasteiger partial charge on any atom is 0.222 e. The highest BCUT2D eigenvalue weighted by Gasteiger charge is 2.10. The number of nitrogens with one attached hydrogen (secondary N) is 1. The molecule has 88 valence electrons. The number of carbonyl (C=O) groups is 1. The molecule has 0 saturated carbocycles. The number of hydrogen-bond acceptors (Lipinski definition) is 1. The molecule has 2 nitrogen and oxygen atoms in total. The van der Waals surface area contributed by atoms with Crippen LogP contribution < -0.4 is 5.32 Å². The highest BCUT2D eigenvalue weighted by Crippen LogP contribution is 2.06. The van der Waals surface area contributed by atoms with Gasteiger partial charge in [-0.2, -0.15) is 0 Å². The lowest BCUT2D eigenvalue weighted by molar-refractivity contribution is -0.124. The molecule has 3 heteroatoms. The molecule has 0 radical (unpaired) electrons. The van der Waals surface area contributed by atoms with Crippen molar-refractivity contribution in [2.24, 2.45) is 5.92 Å². The zero-order chi connectivity index (χ0) is 12.1. The molecule has 0 spiro atoms. The molecule has 0 aliphatic carbocycles. The summed E-state index contributed by atoms with van der Waals surface area (Å²) in [4.78, 5) is 11.4. The predicted octanol–water partition coefficient (Wildman–Crippen LogP) is 2.53. The SMILES string of the molecule is CC(C)C(=O)N[C@@H](C)Cc1ccc(F)cc1. The molecule has 1 N–H and O–H groups in total. The van der Waals surface area contributed by atoms with Crippen LogP contribution >= 0.6 is 0 Å². The maximum atomic E-state index is 12.7. The maximum absolute atomic E-state index is 12.7. The molecular formula is C13H18FNO. The van der Waals surface area contributed by atoms with Gasteiger partial charge in [-0.15, -0.1) is 0 Å². The third kappa shape index (κ3) is 4.01. The minimum Gasteiger partial charge on any atom is -0.353 e. The lowest BCUT2D eigenvalue weighted by atomic mass is 10.1. The van der Waals surface area contributed by atoms with Crippen LogP contribution in [0.5, 0.6) is 0 Å². The standard InChI is InChI=1S/C13H18FNO/c1-9(2)13(16)15-10(3)8-11-4-6-12(14)7-5-11/h4-7,9-10H,8H2,1-3H3,(H,15,16)/t10-/m0/s1. The van der Waals surface area contributed by atoms with Gasteiger partial charge in [-0.25, -0.2) is 4.39 Å². The summed E-state index contributed by atoms with van der Waals surface area (Å²) < 4.78 is 12.7. The molecule has 1 amide bonds. The van der Waals surface area contributed by atoms with Gasteiger partial charge in [-0.3, -0.25) is 4.79 Å². The Morgan fingerprint density at radius 2 is 1.81 bits per heavy atom. The Morgan fingerprint density at radius 3 is 2.31 bits per heavy atom. The Balaban J connectivity index is 2.48. The third-order valence-electron chi connectivity index (χ3n) is 2.37. The average molecular weight is 223 g/mol. The van der Waals surface area contributed by atoms with Gasteiger partial charge in [0.25, 0.3) is 0 Å². The van der Waals surface area contributed by atoms with E-state index in [-0.39, 0.29) is 23.7 Å². The van der Waals surface area contributed by atoms with Gasteiger partial charge in [0.2, 0.25) is 5.91 Å². The summed E-state index contributed by atoms with van der Waals surface area (Å²) >= 11 is 0. The first-order valence-corrected chi connectivity index (χ1v) is 5.54. The lowest BCUT2D eigenvalue weighted by Crippen LogP contribution is -2.36. The van der Waals surface area contributed by atoms with Crippen molar-refractivity contribution in [1.82, 2.24) is 5.32 Å². The monoisotopic (exact) mass is 223 g/mol. The van der Waals surface area contributed by atoms with E-state index in [9.17, 15) is 9.18 Å². The van der Waals surface area contributed by atoms with Gasteiger partial charge < -0.3 is 5.32 Å². The second-order valence-electron chi connectivity index (χ2n) is 4.39. The zero-order valence-corrected chi connectivity index (χ0v) is 9.96. The van der Waals surface area contributed by atoms with Crippen LogP contribution in [0.3, 0.4) is 0 Å². The molecule has 0 saturated heterocycles. The van der Waals surface area contributed by atoms with Crippen LogP contribution in [0.25, 0.3) is 0 Å². The molecule has 1 aromatic rings. The van der Waals surface area contributed by atoms with E-state index in [2.05, 4.69) is 5.32 Å². The number of rotatable bonds is 4. The molecular weight excluding hydrogens is 205 g/mol. The zero-order valence-electron chi connectivity index (χ0n) is 9.96. The molecule has 1 rings (SSSR count). The van der Waals surface area contributed by atoms with E-state index in [1.165, 1.54) is 12.1 Å². The van der Waals surface area contributed by atoms with Gasteiger partial charge in [0, 0.05) is 12.0 Å². The van der Waals surface area contributed by atoms with E-state index >= 15 is 0 Å². The highest BCUT2D eigenvalue weighted by molar-refractivity contribution is 5.78. The number of hydrogen-bond donors (Lipinski definition) is 1. The molecule has 1 atom stereocenters. The van der Waals surface area contributed by atoms with Crippen LogP contribution in [0.15, 0.2) is 24.3 Å². The Bertz CT molecular complexity index is 345. The van der Waals surface area contributed by atoms with Crippen LogP contribution in [0.2, 0.25) is 0 Å². The van der Waals surface area contributed by atoms with E-state index in [0.29, 0.717) is 0 Å². The van der Waals surface area contributed by atoms with E-state index < -0.39 is 0 Å². The van der Waals surface area contributed by atoms with Gasteiger partial charge in [-0.1, -0.05) is 26.0 Å². The normalized spacial score (nSPS) is 12.6. The number of carbonyl (C=O) groups excluding carboxylic acids is 1. The molecule has 16 heavy (non-hydrogen) atoms. The Morgan fingerprint density at radius 1 is 1.25 bits per heavy atom. The van der Waals surface area contributed by atoms with Crippen LogP contribution in [-0.2, 0) is 11.2 Å². The fraction of sp³-hybridized carbons (Fsp3) is 0.462. The van der Waals surface area contributed by atoms with Crippen LogP contribution in [-0.4, -0.2) is 11.9 Å². The van der Waals surface area contributed by atoms with Crippen molar-refractivity contribution in [3.8, 4) is 0 Å². The van der Waals surface area contributed by atoms with Crippen molar-refractivity contribution in [3.63, 3.8) is 0 Å². The summed E-state index contributed by atoms with van der Waals surface area (Å²) in [6.07, 6.45) is 0.721. The molecule has 1 aromatic carbocycles. The average Bonchev–Trinajstić information content (AvgIpc) is 2.21. The van der Waals surface area contributed by atoms with Crippen molar-refractivity contribution in [2.75, 3.05) is 0 Å². The summed E-state index contributed by atoms with van der Waals surface area (Å²) in [5.41, 5.74) is 1.03. The number of amides is 1. The van der Waals surface area contributed by atoms with Crippen molar-refractivity contribution in [2.45, 2.75) is 33.2 Å². The molecule has 0 heterocycles. The van der Waals surface area contributed by atoms with Crippen LogP contribution in [0.4, 0.5) is 4.39 Å². The van der Waals surface area contributed by atoms with Crippen molar-refractivity contribution in [1.29, 1.82) is 0 Å². The Hall–Kier alpha value is -1.38. The Labute approximate surface area is 95.9 Å². The minimum atomic E-state index is -0.234. The summed E-state index contributed by atoms with van der Waals surface area (Å²) in [5, 5.41) is 2.91. The summed E-state index contributed by atoms with van der Waals surface area (Å²) in [6.45, 7) is 5.67. The first-order chi connectivity index (χ1) is 7.49. The Kier molecular flexibility index (Phi) is 4.47. The predicted molar refractivity (Wildman–Crippen MR) is 62.5 cm³/mol. The topological polar surface area (TPSA) is 29.1 Å². The number of benzene rings is 1. The second kappa shape index (κ2) is 5.64. The van der Waals surface area contributed by atoms with E-state index in [1.807, 2.05) is 20.8 Å². The van der Waals surface area contributed by atoms with Crippen molar-refractivity contribution < 1.29 is 9.18 Å². The minimum absolute atomic E-state index is 0.00401. The summed E-state index contributed by atoms with van der Waals surface area (Å²) in [6, 6.07) is 6.43. The molecule has 0 unspecified atom stereocenters. The molecule has 0 bridgehead atoms. The largest absolute Gasteiger partial charge is 0.353 e. The highest BCUT2D eigenvalue weighted by atomic mass is 19.1. The van der Waals surface area contributed by atoms with E-state index in [4.69, 9.17) is 0 Å². The van der Waals surface area contributed by atoms with Gasteiger partial charge in [0.1, 0.15) is 5.82 Å². The summed E-state index contributed by atoms with van der Waals surface area (Å²) in [7, 11) is 0. The quantitative estimate of drug-likeness (QED) is 0.835. The number of halogens is 1. The van der Waals surface area contributed by atoms with Gasteiger partial charge in [0.15, 0.2) is 0 Å².